The molecule has 1 aromatic carbocycles. The molecule has 0 bridgehead atoms. The standard InChI is InChI=1S/C15H15N3O/c1-19-14-4-2-3-12(8-14)15-17-10-13-7-11(9-16)5-6-18(13)15/h2-8,10H,9,16H2,1H3. The normalized spacial score (nSPS) is 10.8. The van der Waals surface area contributed by atoms with Crippen LogP contribution in [-0.4, -0.2) is 16.5 Å². The van der Waals surface area contributed by atoms with E-state index in [0.29, 0.717) is 6.54 Å². The van der Waals surface area contributed by atoms with Crippen molar-refractivity contribution in [3.8, 4) is 17.1 Å². The lowest BCUT2D eigenvalue weighted by molar-refractivity contribution is 0.415. The Labute approximate surface area is 111 Å². The van der Waals surface area contributed by atoms with Crippen molar-refractivity contribution in [3.63, 3.8) is 0 Å². The van der Waals surface area contributed by atoms with Crippen LogP contribution in [0.15, 0.2) is 48.8 Å². The van der Waals surface area contributed by atoms with Gasteiger partial charge in [0.25, 0.3) is 0 Å². The summed E-state index contributed by atoms with van der Waals surface area (Å²) in [6, 6.07) is 11.9. The number of imidazole rings is 1. The zero-order valence-electron chi connectivity index (χ0n) is 10.7. The molecule has 2 N–H and O–H groups in total. The summed E-state index contributed by atoms with van der Waals surface area (Å²) >= 11 is 0. The van der Waals surface area contributed by atoms with E-state index in [1.165, 1.54) is 0 Å². The van der Waals surface area contributed by atoms with Crippen LogP contribution in [0, 0.1) is 0 Å². The molecule has 2 aromatic heterocycles. The van der Waals surface area contributed by atoms with Crippen LogP contribution in [0.5, 0.6) is 5.75 Å². The summed E-state index contributed by atoms with van der Waals surface area (Å²) in [5.41, 5.74) is 8.82. The number of pyridine rings is 1. The first-order chi connectivity index (χ1) is 9.31. The molecule has 0 atom stereocenters. The van der Waals surface area contributed by atoms with Gasteiger partial charge in [-0.1, -0.05) is 12.1 Å². The third-order valence-corrected chi connectivity index (χ3v) is 3.16. The topological polar surface area (TPSA) is 52.5 Å². The van der Waals surface area contributed by atoms with E-state index < -0.39 is 0 Å². The fraction of sp³-hybridized carbons (Fsp3) is 0.133. The fourth-order valence-electron chi connectivity index (χ4n) is 2.15. The SMILES string of the molecule is COc1cccc(-c2ncc3cc(CN)ccn23)c1. The van der Waals surface area contributed by atoms with Crippen LogP contribution in [-0.2, 0) is 6.54 Å². The molecule has 0 aliphatic heterocycles. The van der Waals surface area contributed by atoms with Crippen LogP contribution in [0.3, 0.4) is 0 Å². The van der Waals surface area contributed by atoms with Crippen molar-refractivity contribution in [3.05, 3.63) is 54.4 Å². The number of hydrogen-bond donors (Lipinski definition) is 1. The van der Waals surface area contributed by atoms with Gasteiger partial charge in [0.1, 0.15) is 11.6 Å². The predicted molar refractivity (Wildman–Crippen MR) is 75.1 cm³/mol. The smallest absolute Gasteiger partial charge is 0.144 e. The van der Waals surface area contributed by atoms with E-state index in [2.05, 4.69) is 11.1 Å². The molecule has 0 radical (unpaired) electrons. The molecule has 3 aromatic rings. The Kier molecular flexibility index (Phi) is 2.93. The van der Waals surface area contributed by atoms with Crippen molar-refractivity contribution in [2.75, 3.05) is 7.11 Å². The summed E-state index contributed by atoms with van der Waals surface area (Å²) in [5, 5.41) is 0. The minimum absolute atomic E-state index is 0.538. The van der Waals surface area contributed by atoms with Crippen LogP contribution >= 0.6 is 0 Å². The molecule has 0 fully saturated rings. The maximum Gasteiger partial charge on any atom is 0.144 e. The first kappa shape index (κ1) is 11.7. The maximum atomic E-state index is 5.65. The molecule has 0 unspecified atom stereocenters. The number of fused-ring (bicyclic) bond motifs is 1. The minimum atomic E-state index is 0.538. The van der Waals surface area contributed by atoms with Gasteiger partial charge in [-0.3, -0.25) is 4.40 Å². The molecule has 0 aliphatic carbocycles. The predicted octanol–water partition coefficient (Wildman–Crippen LogP) is 2.47. The van der Waals surface area contributed by atoms with Crippen LogP contribution in [0.2, 0.25) is 0 Å². The van der Waals surface area contributed by atoms with Crippen LogP contribution in [0.1, 0.15) is 5.56 Å². The van der Waals surface area contributed by atoms with E-state index in [1.807, 2.05) is 47.1 Å². The Morgan fingerprint density at radius 3 is 2.95 bits per heavy atom. The number of rotatable bonds is 3. The molecule has 4 nitrogen and oxygen atoms in total. The zero-order chi connectivity index (χ0) is 13.2. The van der Waals surface area contributed by atoms with Crippen molar-refractivity contribution in [2.45, 2.75) is 6.54 Å². The van der Waals surface area contributed by atoms with Gasteiger partial charge in [-0.25, -0.2) is 4.98 Å². The third kappa shape index (κ3) is 2.06. The highest BCUT2D eigenvalue weighted by Gasteiger charge is 2.07. The molecule has 4 heteroatoms. The van der Waals surface area contributed by atoms with Crippen molar-refractivity contribution in [1.29, 1.82) is 0 Å². The number of aromatic nitrogens is 2. The molecule has 0 aliphatic rings. The van der Waals surface area contributed by atoms with E-state index in [4.69, 9.17) is 10.5 Å². The molecular formula is C15H15N3O. The van der Waals surface area contributed by atoms with Crippen LogP contribution < -0.4 is 10.5 Å². The van der Waals surface area contributed by atoms with Crippen molar-refractivity contribution in [1.82, 2.24) is 9.38 Å². The first-order valence-corrected chi connectivity index (χ1v) is 6.12. The van der Waals surface area contributed by atoms with E-state index in [9.17, 15) is 0 Å². The fourth-order valence-corrected chi connectivity index (χ4v) is 2.15. The van der Waals surface area contributed by atoms with Gasteiger partial charge in [0.2, 0.25) is 0 Å². The number of nitrogens with zero attached hydrogens (tertiary/aromatic N) is 2. The molecular weight excluding hydrogens is 238 g/mol. The summed E-state index contributed by atoms with van der Waals surface area (Å²) in [6.07, 6.45) is 3.85. The Bertz CT molecular complexity index is 718. The van der Waals surface area contributed by atoms with E-state index in [1.54, 1.807) is 7.11 Å². The average Bonchev–Trinajstić information content (AvgIpc) is 2.90. The second kappa shape index (κ2) is 4.74. The third-order valence-electron chi connectivity index (χ3n) is 3.16. The highest BCUT2D eigenvalue weighted by Crippen LogP contribution is 2.24. The highest BCUT2D eigenvalue weighted by atomic mass is 16.5. The number of hydrogen-bond acceptors (Lipinski definition) is 3. The Morgan fingerprint density at radius 2 is 2.16 bits per heavy atom. The summed E-state index contributed by atoms with van der Waals surface area (Å²) in [7, 11) is 1.66. The Balaban J connectivity index is 2.14. The van der Waals surface area contributed by atoms with Gasteiger partial charge in [0.15, 0.2) is 0 Å². The summed E-state index contributed by atoms with van der Waals surface area (Å²) < 4.78 is 7.30. The molecule has 3 rings (SSSR count). The Morgan fingerprint density at radius 1 is 1.26 bits per heavy atom. The van der Waals surface area contributed by atoms with Gasteiger partial charge in [-0.15, -0.1) is 0 Å². The van der Waals surface area contributed by atoms with Crippen molar-refractivity contribution >= 4 is 5.52 Å². The molecule has 19 heavy (non-hydrogen) atoms. The largest absolute Gasteiger partial charge is 0.497 e. The van der Waals surface area contributed by atoms with Gasteiger partial charge < -0.3 is 10.5 Å². The van der Waals surface area contributed by atoms with E-state index in [0.717, 1.165) is 28.2 Å². The Hall–Kier alpha value is -2.33. The summed E-state index contributed by atoms with van der Waals surface area (Å²) in [6.45, 7) is 0.538. The average molecular weight is 253 g/mol. The van der Waals surface area contributed by atoms with E-state index >= 15 is 0 Å². The molecule has 0 amide bonds. The number of ether oxygens (including phenoxy) is 1. The van der Waals surface area contributed by atoms with Crippen LogP contribution in [0.25, 0.3) is 16.9 Å². The van der Waals surface area contributed by atoms with Gasteiger partial charge in [0.05, 0.1) is 18.8 Å². The lowest BCUT2D eigenvalue weighted by atomic mass is 10.2. The lowest BCUT2D eigenvalue weighted by Gasteiger charge is -2.05. The van der Waals surface area contributed by atoms with Gasteiger partial charge >= 0.3 is 0 Å². The lowest BCUT2D eigenvalue weighted by Crippen LogP contribution is -1.97. The number of methoxy groups -OCH3 is 1. The molecule has 0 spiro atoms. The van der Waals surface area contributed by atoms with E-state index in [-0.39, 0.29) is 0 Å². The van der Waals surface area contributed by atoms with Crippen molar-refractivity contribution < 1.29 is 4.74 Å². The van der Waals surface area contributed by atoms with Gasteiger partial charge in [0, 0.05) is 18.3 Å². The zero-order valence-corrected chi connectivity index (χ0v) is 10.7. The van der Waals surface area contributed by atoms with Crippen molar-refractivity contribution in [2.24, 2.45) is 5.73 Å². The highest BCUT2D eigenvalue weighted by molar-refractivity contribution is 5.64. The molecule has 2 heterocycles. The maximum absolute atomic E-state index is 5.65. The van der Waals surface area contributed by atoms with Gasteiger partial charge in [-0.2, -0.15) is 0 Å². The second-order valence-corrected chi connectivity index (χ2v) is 4.35. The van der Waals surface area contributed by atoms with Gasteiger partial charge in [-0.05, 0) is 29.8 Å². The molecule has 96 valence electrons. The minimum Gasteiger partial charge on any atom is -0.497 e. The summed E-state index contributed by atoms with van der Waals surface area (Å²) in [4.78, 5) is 4.48. The van der Waals surface area contributed by atoms with Crippen LogP contribution in [0.4, 0.5) is 0 Å². The quantitative estimate of drug-likeness (QED) is 0.780. The number of benzene rings is 1. The number of nitrogens with two attached hydrogens (primary N) is 1. The summed E-state index contributed by atoms with van der Waals surface area (Å²) in [5.74, 6) is 1.73. The second-order valence-electron chi connectivity index (χ2n) is 4.35. The monoisotopic (exact) mass is 253 g/mol. The molecule has 0 saturated carbocycles. The first-order valence-electron chi connectivity index (χ1n) is 6.12. The molecule has 0 saturated heterocycles.